The van der Waals surface area contributed by atoms with Crippen LogP contribution in [0.25, 0.3) is 0 Å². The zero-order valence-corrected chi connectivity index (χ0v) is 17.1. The summed E-state index contributed by atoms with van der Waals surface area (Å²) in [7, 11) is 1.80. The lowest BCUT2D eigenvalue weighted by atomic mass is 10.1. The van der Waals surface area contributed by atoms with Gasteiger partial charge in [0.25, 0.3) is 5.91 Å². The predicted octanol–water partition coefficient (Wildman–Crippen LogP) is 3.29. The van der Waals surface area contributed by atoms with Crippen LogP contribution >= 0.6 is 0 Å². The van der Waals surface area contributed by atoms with Crippen LogP contribution in [0.2, 0.25) is 0 Å². The average Bonchev–Trinajstić information content (AvgIpc) is 2.71. The van der Waals surface area contributed by atoms with E-state index in [4.69, 9.17) is 5.73 Å². The fourth-order valence-electron chi connectivity index (χ4n) is 3.07. The van der Waals surface area contributed by atoms with E-state index in [1.807, 2.05) is 73.3 Å². The molecule has 5 nitrogen and oxygen atoms in total. The van der Waals surface area contributed by atoms with Crippen molar-refractivity contribution >= 4 is 11.8 Å². The van der Waals surface area contributed by atoms with Crippen LogP contribution in [0.5, 0.6) is 0 Å². The Labute approximate surface area is 168 Å². The standard InChI is InChI=1S/C23H31N3O2/c1-18(2)22(27)25(3)16-20-10-12-21(13-11-20)23(28)26(15-7-14-24)17-19-8-5-4-6-9-19/h4-6,8-13,18H,7,14-17,24H2,1-3H3. The molecule has 0 spiro atoms. The van der Waals surface area contributed by atoms with Crippen molar-refractivity contribution in [2.24, 2.45) is 11.7 Å². The van der Waals surface area contributed by atoms with E-state index in [0.29, 0.717) is 31.7 Å². The van der Waals surface area contributed by atoms with Crippen LogP contribution in [-0.4, -0.2) is 41.8 Å². The van der Waals surface area contributed by atoms with Crippen LogP contribution in [0.15, 0.2) is 54.6 Å². The molecule has 0 fully saturated rings. The highest BCUT2D eigenvalue weighted by atomic mass is 16.2. The van der Waals surface area contributed by atoms with Gasteiger partial charge in [0, 0.05) is 38.2 Å². The molecule has 0 bridgehead atoms. The third kappa shape index (κ3) is 6.20. The minimum absolute atomic E-state index is 0.00420. The maximum Gasteiger partial charge on any atom is 0.254 e. The maximum atomic E-state index is 13.0. The number of carbonyl (C=O) groups excluding carboxylic acids is 2. The van der Waals surface area contributed by atoms with Crippen LogP contribution in [0.1, 0.15) is 41.8 Å². The molecule has 150 valence electrons. The molecule has 0 radical (unpaired) electrons. The zero-order chi connectivity index (χ0) is 20.5. The fourth-order valence-corrected chi connectivity index (χ4v) is 3.07. The van der Waals surface area contributed by atoms with E-state index in [1.54, 1.807) is 11.9 Å². The predicted molar refractivity (Wildman–Crippen MR) is 113 cm³/mol. The van der Waals surface area contributed by atoms with Gasteiger partial charge in [-0.2, -0.15) is 0 Å². The second kappa shape index (κ2) is 10.6. The van der Waals surface area contributed by atoms with E-state index < -0.39 is 0 Å². The Hall–Kier alpha value is -2.66. The van der Waals surface area contributed by atoms with E-state index in [1.165, 1.54) is 0 Å². The third-order valence-corrected chi connectivity index (χ3v) is 4.63. The Kier molecular flexibility index (Phi) is 8.20. The van der Waals surface area contributed by atoms with Gasteiger partial charge >= 0.3 is 0 Å². The summed E-state index contributed by atoms with van der Waals surface area (Å²) in [6.07, 6.45) is 0.763. The Morgan fingerprint density at radius 1 is 0.929 bits per heavy atom. The molecule has 0 aliphatic carbocycles. The lowest BCUT2D eigenvalue weighted by Crippen LogP contribution is -2.32. The van der Waals surface area contributed by atoms with Gasteiger partial charge in [0.05, 0.1) is 0 Å². The number of benzene rings is 2. The Morgan fingerprint density at radius 3 is 2.11 bits per heavy atom. The van der Waals surface area contributed by atoms with Crippen LogP contribution < -0.4 is 5.73 Å². The first-order valence-electron chi connectivity index (χ1n) is 9.79. The molecule has 0 aromatic heterocycles. The highest BCUT2D eigenvalue weighted by Gasteiger charge is 2.17. The summed E-state index contributed by atoms with van der Waals surface area (Å²) in [6.45, 7) is 6.05. The molecule has 0 heterocycles. The molecule has 2 amide bonds. The number of carbonyl (C=O) groups is 2. The number of hydrogen-bond donors (Lipinski definition) is 1. The quantitative estimate of drug-likeness (QED) is 0.725. The topological polar surface area (TPSA) is 66.6 Å². The second-order valence-corrected chi connectivity index (χ2v) is 7.40. The zero-order valence-electron chi connectivity index (χ0n) is 17.1. The summed E-state index contributed by atoms with van der Waals surface area (Å²) < 4.78 is 0. The van der Waals surface area contributed by atoms with Crippen LogP contribution in [0, 0.1) is 5.92 Å². The van der Waals surface area contributed by atoms with E-state index in [0.717, 1.165) is 17.5 Å². The summed E-state index contributed by atoms with van der Waals surface area (Å²) >= 11 is 0. The molecule has 0 saturated heterocycles. The smallest absolute Gasteiger partial charge is 0.254 e. The summed E-state index contributed by atoms with van der Waals surface area (Å²) in [5, 5.41) is 0. The van der Waals surface area contributed by atoms with E-state index in [-0.39, 0.29) is 17.7 Å². The van der Waals surface area contributed by atoms with Crippen molar-refractivity contribution in [1.82, 2.24) is 9.80 Å². The van der Waals surface area contributed by atoms with Crippen molar-refractivity contribution in [2.45, 2.75) is 33.4 Å². The van der Waals surface area contributed by atoms with E-state index in [9.17, 15) is 9.59 Å². The molecule has 2 aromatic rings. The summed E-state index contributed by atoms with van der Waals surface area (Å²) in [4.78, 5) is 28.6. The highest BCUT2D eigenvalue weighted by molar-refractivity contribution is 5.94. The van der Waals surface area contributed by atoms with Crippen molar-refractivity contribution in [3.8, 4) is 0 Å². The molecule has 5 heteroatoms. The van der Waals surface area contributed by atoms with Gasteiger partial charge in [0.2, 0.25) is 5.91 Å². The number of rotatable bonds is 9. The largest absolute Gasteiger partial charge is 0.341 e. The fraction of sp³-hybridized carbons (Fsp3) is 0.391. The van der Waals surface area contributed by atoms with Crippen molar-refractivity contribution in [1.29, 1.82) is 0 Å². The van der Waals surface area contributed by atoms with Crippen LogP contribution in [0.3, 0.4) is 0 Å². The average molecular weight is 382 g/mol. The molecule has 2 aromatic carbocycles. The minimum atomic E-state index is -0.0278. The molecule has 0 saturated carbocycles. The first-order chi connectivity index (χ1) is 13.4. The maximum absolute atomic E-state index is 13.0. The molecular weight excluding hydrogens is 350 g/mol. The normalized spacial score (nSPS) is 10.8. The highest BCUT2D eigenvalue weighted by Crippen LogP contribution is 2.13. The number of nitrogens with two attached hydrogens (primary N) is 1. The van der Waals surface area contributed by atoms with Gasteiger partial charge in [-0.25, -0.2) is 0 Å². The van der Waals surface area contributed by atoms with Crippen LogP contribution in [-0.2, 0) is 17.9 Å². The van der Waals surface area contributed by atoms with Crippen molar-refractivity contribution < 1.29 is 9.59 Å². The Morgan fingerprint density at radius 2 is 1.54 bits per heavy atom. The lowest BCUT2D eigenvalue weighted by Gasteiger charge is -2.23. The Bertz CT molecular complexity index is 757. The monoisotopic (exact) mass is 381 g/mol. The minimum Gasteiger partial charge on any atom is -0.341 e. The van der Waals surface area contributed by atoms with Gasteiger partial charge in [-0.1, -0.05) is 56.3 Å². The lowest BCUT2D eigenvalue weighted by molar-refractivity contribution is -0.133. The number of hydrogen-bond acceptors (Lipinski definition) is 3. The van der Waals surface area contributed by atoms with Crippen molar-refractivity contribution in [3.05, 3.63) is 71.3 Å². The van der Waals surface area contributed by atoms with E-state index >= 15 is 0 Å². The third-order valence-electron chi connectivity index (χ3n) is 4.63. The molecule has 2 rings (SSSR count). The molecule has 0 aliphatic rings. The van der Waals surface area contributed by atoms with Crippen molar-refractivity contribution in [3.63, 3.8) is 0 Å². The van der Waals surface area contributed by atoms with Crippen LogP contribution in [0.4, 0.5) is 0 Å². The first-order valence-corrected chi connectivity index (χ1v) is 9.79. The summed E-state index contributed by atoms with van der Waals surface area (Å²) in [6, 6.07) is 17.5. The SMILES string of the molecule is CC(C)C(=O)N(C)Cc1ccc(C(=O)N(CCCN)Cc2ccccc2)cc1. The van der Waals surface area contributed by atoms with Gasteiger partial charge in [-0.3, -0.25) is 9.59 Å². The molecule has 0 aliphatic heterocycles. The van der Waals surface area contributed by atoms with Gasteiger partial charge < -0.3 is 15.5 Å². The van der Waals surface area contributed by atoms with Gasteiger partial charge in [0.1, 0.15) is 0 Å². The Balaban J connectivity index is 2.08. The molecule has 0 atom stereocenters. The van der Waals surface area contributed by atoms with E-state index in [2.05, 4.69) is 0 Å². The molecule has 28 heavy (non-hydrogen) atoms. The first kappa shape index (κ1) is 21.6. The number of nitrogens with zero attached hydrogens (tertiary/aromatic N) is 2. The summed E-state index contributed by atoms with van der Waals surface area (Å²) in [5.74, 6) is 0.0754. The molecular formula is C23H31N3O2. The second-order valence-electron chi connectivity index (χ2n) is 7.40. The molecule has 0 unspecified atom stereocenters. The number of amides is 2. The summed E-state index contributed by atoms with van der Waals surface area (Å²) in [5.41, 5.74) is 8.40. The van der Waals surface area contributed by atoms with Crippen molar-refractivity contribution in [2.75, 3.05) is 20.1 Å². The van der Waals surface area contributed by atoms with Gasteiger partial charge in [-0.15, -0.1) is 0 Å². The van der Waals surface area contributed by atoms with Gasteiger partial charge in [0.15, 0.2) is 0 Å². The van der Waals surface area contributed by atoms with Gasteiger partial charge in [-0.05, 0) is 36.2 Å². The molecule has 2 N–H and O–H groups in total.